The number of halogens is 1. The van der Waals surface area contributed by atoms with Crippen LogP contribution in [0.3, 0.4) is 0 Å². The van der Waals surface area contributed by atoms with Gasteiger partial charge in [0.2, 0.25) is 0 Å². The molecule has 0 N–H and O–H groups in total. The number of carbonyl (C=O) groups excluding carboxylic acids is 1. The second kappa shape index (κ2) is 9.15. The van der Waals surface area contributed by atoms with Crippen LogP contribution < -0.4 is 4.74 Å². The summed E-state index contributed by atoms with van der Waals surface area (Å²) in [6, 6.07) is 12.9. The van der Waals surface area contributed by atoms with Gasteiger partial charge in [0.15, 0.2) is 5.16 Å². The zero-order valence-corrected chi connectivity index (χ0v) is 16.8. The maximum atomic E-state index is 11.9. The summed E-state index contributed by atoms with van der Waals surface area (Å²) >= 11 is 7.71. The molecule has 1 aromatic heterocycles. The van der Waals surface area contributed by atoms with Gasteiger partial charge in [-0.25, -0.2) is 9.78 Å². The Kier molecular flexibility index (Phi) is 6.63. The molecule has 0 atom stereocenters. The van der Waals surface area contributed by atoms with Crippen LogP contribution in [-0.4, -0.2) is 34.5 Å². The van der Waals surface area contributed by atoms with E-state index in [0.29, 0.717) is 29.5 Å². The van der Waals surface area contributed by atoms with Gasteiger partial charge in [-0.15, -0.1) is 0 Å². The molecule has 0 saturated carbocycles. The minimum atomic E-state index is -0.326. The van der Waals surface area contributed by atoms with Crippen LogP contribution in [0.5, 0.6) is 5.75 Å². The highest BCUT2D eigenvalue weighted by atomic mass is 35.5. The van der Waals surface area contributed by atoms with Crippen molar-refractivity contribution in [2.24, 2.45) is 0 Å². The molecule has 7 heteroatoms. The average molecular weight is 405 g/mol. The first-order valence-electron chi connectivity index (χ1n) is 8.81. The quantitative estimate of drug-likeness (QED) is 0.298. The first kappa shape index (κ1) is 19.6. The van der Waals surface area contributed by atoms with Crippen molar-refractivity contribution >= 4 is 40.4 Å². The lowest BCUT2D eigenvalue weighted by atomic mass is 10.2. The van der Waals surface area contributed by atoms with Gasteiger partial charge in [-0.05, 0) is 44.2 Å². The van der Waals surface area contributed by atoms with E-state index >= 15 is 0 Å². The number of nitrogens with zero attached hydrogens (tertiary/aromatic N) is 2. The summed E-state index contributed by atoms with van der Waals surface area (Å²) < 4.78 is 12.9. The standard InChI is InChI=1S/C20H21ClN2O3S/c1-3-23-17-10-9-14(19(24)25-4-2)13-16(17)22-20(23)27-12-11-26-18-8-6-5-7-15(18)21/h5-10,13H,3-4,11-12H2,1-2H3. The van der Waals surface area contributed by atoms with Crippen molar-refractivity contribution in [1.82, 2.24) is 9.55 Å². The molecule has 0 amide bonds. The SMILES string of the molecule is CCOC(=O)c1ccc2c(c1)nc(SCCOc1ccccc1Cl)n2CC. The van der Waals surface area contributed by atoms with E-state index in [1.807, 2.05) is 30.3 Å². The Morgan fingerprint density at radius 2 is 2.04 bits per heavy atom. The van der Waals surface area contributed by atoms with Crippen molar-refractivity contribution in [3.63, 3.8) is 0 Å². The van der Waals surface area contributed by atoms with E-state index in [0.717, 1.165) is 28.5 Å². The lowest BCUT2D eigenvalue weighted by Crippen LogP contribution is -2.04. The fraction of sp³-hybridized carbons (Fsp3) is 0.300. The molecule has 0 bridgehead atoms. The smallest absolute Gasteiger partial charge is 0.338 e. The molecule has 0 spiro atoms. The highest BCUT2D eigenvalue weighted by Crippen LogP contribution is 2.26. The lowest BCUT2D eigenvalue weighted by molar-refractivity contribution is 0.0526. The Hall–Kier alpha value is -2.18. The molecule has 0 radical (unpaired) electrons. The fourth-order valence-electron chi connectivity index (χ4n) is 2.71. The van der Waals surface area contributed by atoms with Crippen LogP contribution >= 0.6 is 23.4 Å². The van der Waals surface area contributed by atoms with E-state index in [-0.39, 0.29) is 5.97 Å². The third-order valence-corrected chi connectivity index (χ3v) is 5.20. The van der Waals surface area contributed by atoms with E-state index in [9.17, 15) is 4.79 Å². The number of benzene rings is 2. The van der Waals surface area contributed by atoms with Gasteiger partial charge in [0.1, 0.15) is 5.75 Å². The topological polar surface area (TPSA) is 53.4 Å². The Morgan fingerprint density at radius 3 is 2.78 bits per heavy atom. The summed E-state index contributed by atoms with van der Waals surface area (Å²) in [5.41, 5.74) is 2.31. The van der Waals surface area contributed by atoms with Crippen molar-refractivity contribution in [1.29, 1.82) is 0 Å². The summed E-state index contributed by atoms with van der Waals surface area (Å²) in [5, 5.41) is 1.51. The van der Waals surface area contributed by atoms with Gasteiger partial charge >= 0.3 is 5.97 Å². The summed E-state index contributed by atoms with van der Waals surface area (Å²) in [6.45, 7) is 5.54. The minimum Gasteiger partial charge on any atom is -0.491 e. The number of aromatic nitrogens is 2. The van der Waals surface area contributed by atoms with E-state index in [1.54, 1.807) is 30.8 Å². The summed E-state index contributed by atoms with van der Waals surface area (Å²) in [7, 11) is 0. The number of ether oxygens (including phenoxy) is 2. The molecule has 1 heterocycles. The summed E-state index contributed by atoms with van der Waals surface area (Å²) in [5.74, 6) is 1.09. The summed E-state index contributed by atoms with van der Waals surface area (Å²) in [6.07, 6.45) is 0. The van der Waals surface area contributed by atoms with Crippen molar-refractivity contribution in [2.75, 3.05) is 19.0 Å². The number of para-hydroxylation sites is 1. The van der Waals surface area contributed by atoms with Crippen molar-refractivity contribution in [3.8, 4) is 5.75 Å². The Morgan fingerprint density at radius 1 is 1.22 bits per heavy atom. The van der Waals surface area contributed by atoms with Gasteiger partial charge in [-0.3, -0.25) is 0 Å². The van der Waals surface area contributed by atoms with Gasteiger partial charge in [0.25, 0.3) is 0 Å². The second-order valence-corrected chi connectivity index (χ2v) is 7.16. The van der Waals surface area contributed by atoms with Gasteiger partial charge in [-0.1, -0.05) is 35.5 Å². The fourth-order valence-corrected chi connectivity index (χ4v) is 3.80. The van der Waals surface area contributed by atoms with Gasteiger partial charge in [-0.2, -0.15) is 0 Å². The molecular weight excluding hydrogens is 384 g/mol. The number of imidazole rings is 1. The predicted octanol–water partition coefficient (Wildman–Crippen LogP) is 5.06. The molecule has 0 aliphatic carbocycles. The number of aryl methyl sites for hydroxylation is 1. The molecule has 0 aliphatic rings. The van der Waals surface area contributed by atoms with Crippen molar-refractivity contribution in [3.05, 3.63) is 53.1 Å². The number of hydrogen-bond donors (Lipinski definition) is 0. The molecule has 142 valence electrons. The molecule has 0 unspecified atom stereocenters. The lowest BCUT2D eigenvalue weighted by Gasteiger charge is -2.08. The largest absolute Gasteiger partial charge is 0.491 e. The number of fused-ring (bicyclic) bond motifs is 1. The highest BCUT2D eigenvalue weighted by Gasteiger charge is 2.14. The highest BCUT2D eigenvalue weighted by molar-refractivity contribution is 7.99. The molecule has 0 aliphatic heterocycles. The summed E-state index contributed by atoms with van der Waals surface area (Å²) in [4.78, 5) is 16.6. The van der Waals surface area contributed by atoms with Crippen LogP contribution in [0.15, 0.2) is 47.6 Å². The number of hydrogen-bond acceptors (Lipinski definition) is 5. The van der Waals surface area contributed by atoms with Gasteiger partial charge in [0.05, 0.1) is 34.8 Å². The van der Waals surface area contributed by atoms with Crippen LogP contribution in [-0.2, 0) is 11.3 Å². The second-order valence-electron chi connectivity index (χ2n) is 5.69. The maximum Gasteiger partial charge on any atom is 0.338 e. The van der Waals surface area contributed by atoms with Crippen LogP contribution in [0.2, 0.25) is 5.02 Å². The molecule has 3 rings (SSSR count). The zero-order valence-electron chi connectivity index (χ0n) is 15.3. The average Bonchev–Trinajstić information content (AvgIpc) is 3.03. The van der Waals surface area contributed by atoms with Crippen LogP contribution in [0.4, 0.5) is 0 Å². The third-order valence-electron chi connectivity index (χ3n) is 3.95. The van der Waals surface area contributed by atoms with Crippen LogP contribution in [0.1, 0.15) is 24.2 Å². The van der Waals surface area contributed by atoms with E-state index in [2.05, 4.69) is 16.5 Å². The van der Waals surface area contributed by atoms with E-state index in [1.165, 1.54) is 0 Å². The van der Waals surface area contributed by atoms with Gasteiger partial charge in [0, 0.05) is 12.3 Å². The monoisotopic (exact) mass is 404 g/mol. The third kappa shape index (κ3) is 4.57. The van der Waals surface area contributed by atoms with E-state index in [4.69, 9.17) is 21.1 Å². The molecule has 3 aromatic rings. The number of thioether (sulfide) groups is 1. The van der Waals surface area contributed by atoms with Crippen LogP contribution in [0, 0.1) is 0 Å². The molecule has 5 nitrogen and oxygen atoms in total. The van der Waals surface area contributed by atoms with E-state index < -0.39 is 0 Å². The Bertz CT molecular complexity index is 942. The molecular formula is C20H21ClN2O3S. The maximum absolute atomic E-state index is 11.9. The van der Waals surface area contributed by atoms with Crippen molar-refractivity contribution in [2.45, 2.75) is 25.5 Å². The number of esters is 1. The Balaban J connectivity index is 1.70. The molecule has 2 aromatic carbocycles. The first-order chi connectivity index (χ1) is 13.1. The zero-order chi connectivity index (χ0) is 19.2. The predicted molar refractivity (Wildman–Crippen MR) is 109 cm³/mol. The normalized spacial score (nSPS) is 10.9. The molecule has 27 heavy (non-hydrogen) atoms. The minimum absolute atomic E-state index is 0.326. The van der Waals surface area contributed by atoms with Gasteiger partial charge < -0.3 is 14.0 Å². The Labute approximate surface area is 167 Å². The number of carbonyl (C=O) groups is 1. The molecule has 0 saturated heterocycles. The first-order valence-corrected chi connectivity index (χ1v) is 10.2. The van der Waals surface area contributed by atoms with Crippen molar-refractivity contribution < 1.29 is 14.3 Å². The number of rotatable bonds is 8. The molecule has 0 fully saturated rings. The van der Waals surface area contributed by atoms with Crippen LogP contribution in [0.25, 0.3) is 11.0 Å².